The highest BCUT2D eigenvalue weighted by molar-refractivity contribution is 5.49. The SMILES string of the molecule is FC(F)(F)c1nnc(-c2cnc(CC3(c4ccccc4)CC3)nc2)o1. The van der Waals surface area contributed by atoms with Crippen LogP contribution < -0.4 is 0 Å². The zero-order chi connectivity index (χ0) is 17.5. The molecular weight excluding hydrogens is 333 g/mol. The molecule has 0 aliphatic heterocycles. The number of rotatable bonds is 4. The van der Waals surface area contributed by atoms with Crippen LogP contribution >= 0.6 is 0 Å². The van der Waals surface area contributed by atoms with E-state index in [9.17, 15) is 13.2 Å². The molecule has 128 valence electrons. The smallest absolute Gasteiger partial charge is 0.413 e. The van der Waals surface area contributed by atoms with Crippen molar-refractivity contribution in [2.24, 2.45) is 0 Å². The van der Waals surface area contributed by atoms with Crippen molar-refractivity contribution in [3.8, 4) is 11.5 Å². The molecule has 4 rings (SSSR count). The first kappa shape index (κ1) is 15.7. The Bertz CT molecular complexity index is 871. The number of alkyl halides is 3. The van der Waals surface area contributed by atoms with Gasteiger partial charge in [0.1, 0.15) is 5.82 Å². The third-order valence-electron chi connectivity index (χ3n) is 4.36. The maximum Gasteiger partial charge on any atom is 0.470 e. The Morgan fingerprint density at radius 3 is 2.24 bits per heavy atom. The summed E-state index contributed by atoms with van der Waals surface area (Å²) in [5.74, 6) is -0.990. The van der Waals surface area contributed by atoms with E-state index in [1.165, 1.54) is 18.0 Å². The fourth-order valence-electron chi connectivity index (χ4n) is 2.82. The standard InChI is InChI=1S/C17H13F3N4O/c18-17(19,20)15-24-23-14(25-15)11-9-21-13(22-10-11)8-16(6-7-16)12-4-2-1-3-5-12/h1-5,9-10H,6-8H2. The van der Waals surface area contributed by atoms with Crippen LogP contribution in [0.5, 0.6) is 0 Å². The predicted octanol–water partition coefficient (Wildman–Crippen LogP) is 3.82. The maximum absolute atomic E-state index is 12.5. The third kappa shape index (κ3) is 3.11. The normalized spacial score (nSPS) is 16.0. The van der Waals surface area contributed by atoms with Crippen LogP contribution in [0.4, 0.5) is 13.2 Å². The van der Waals surface area contributed by atoms with Crippen molar-refractivity contribution < 1.29 is 17.6 Å². The molecule has 25 heavy (non-hydrogen) atoms. The van der Waals surface area contributed by atoms with Crippen LogP contribution in [0.25, 0.3) is 11.5 Å². The molecule has 0 atom stereocenters. The van der Waals surface area contributed by atoms with Crippen molar-refractivity contribution in [1.29, 1.82) is 0 Å². The lowest BCUT2D eigenvalue weighted by atomic mass is 9.92. The van der Waals surface area contributed by atoms with Crippen LogP contribution in [0.3, 0.4) is 0 Å². The van der Waals surface area contributed by atoms with Crippen LogP contribution in [-0.2, 0) is 18.0 Å². The van der Waals surface area contributed by atoms with Crippen LogP contribution in [0.15, 0.2) is 47.1 Å². The Morgan fingerprint density at radius 2 is 1.68 bits per heavy atom. The van der Waals surface area contributed by atoms with Gasteiger partial charge in [-0.3, -0.25) is 0 Å². The summed E-state index contributed by atoms with van der Waals surface area (Å²) in [4.78, 5) is 8.51. The molecule has 3 aromatic rings. The van der Waals surface area contributed by atoms with E-state index >= 15 is 0 Å². The Kier molecular flexibility index (Phi) is 3.55. The summed E-state index contributed by atoms with van der Waals surface area (Å²) in [6.07, 6.45) is 0.991. The first-order valence-corrected chi connectivity index (χ1v) is 7.74. The van der Waals surface area contributed by atoms with E-state index in [-0.39, 0.29) is 16.9 Å². The highest BCUT2D eigenvalue weighted by atomic mass is 19.4. The van der Waals surface area contributed by atoms with Gasteiger partial charge in [-0.05, 0) is 18.4 Å². The highest BCUT2D eigenvalue weighted by Crippen LogP contribution is 2.50. The van der Waals surface area contributed by atoms with Crippen LogP contribution in [0.1, 0.15) is 30.1 Å². The van der Waals surface area contributed by atoms with E-state index in [0.29, 0.717) is 12.2 Å². The Labute approximate surface area is 141 Å². The van der Waals surface area contributed by atoms with Gasteiger partial charge >= 0.3 is 12.1 Å². The van der Waals surface area contributed by atoms with Crippen molar-refractivity contribution in [2.45, 2.75) is 30.9 Å². The van der Waals surface area contributed by atoms with Gasteiger partial charge in [-0.25, -0.2) is 9.97 Å². The molecule has 0 spiro atoms. The molecule has 1 saturated carbocycles. The lowest BCUT2D eigenvalue weighted by Gasteiger charge is -2.14. The molecule has 0 saturated heterocycles. The molecule has 2 heterocycles. The highest BCUT2D eigenvalue weighted by Gasteiger charge is 2.44. The summed E-state index contributed by atoms with van der Waals surface area (Å²) in [7, 11) is 0. The first-order chi connectivity index (χ1) is 12.0. The van der Waals surface area contributed by atoms with Crippen LogP contribution in [-0.4, -0.2) is 20.2 Å². The van der Waals surface area contributed by atoms with E-state index in [2.05, 4.69) is 36.7 Å². The van der Waals surface area contributed by atoms with Crippen LogP contribution in [0, 0.1) is 0 Å². The number of halogens is 3. The molecule has 0 radical (unpaired) electrons. The van der Waals surface area contributed by atoms with Crippen LogP contribution in [0.2, 0.25) is 0 Å². The molecular formula is C17H13F3N4O. The second kappa shape index (κ2) is 5.65. The average Bonchev–Trinajstić information content (AvgIpc) is 3.20. The summed E-state index contributed by atoms with van der Waals surface area (Å²) in [5, 5.41) is 6.40. The molecule has 1 aliphatic carbocycles. The fourth-order valence-corrected chi connectivity index (χ4v) is 2.82. The summed E-state index contributed by atoms with van der Waals surface area (Å²) >= 11 is 0. The molecule has 1 aliphatic rings. The van der Waals surface area contributed by atoms with Gasteiger partial charge in [-0.2, -0.15) is 13.2 Å². The van der Waals surface area contributed by atoms with Crippen molar-refractivity contribution in [3.05, 3.63) is 60.0 Å². The zero-order valence-electron chi connectivity index (χ0n) is 13.0. The molecule has 1 aromatic carbocycles. The van der Waals surface area contributed by atoms with Gasteiger partial charge < -0.3 is 4.42 Å². The van der Waals surface area contributed by atoms with Crippen molar-refractivity contribution >= 4 is 0 Å². The average molecular weight is 346 g/mol. The minimum Gasteiger partial charge on any atom is -0.413 e. The van der Waals surface area contributed by atoms with Gasteiger partial charge in [0.15, 0.2) is 0 Å². The quantitative estimate of drug-likeness (QED) is 0.718. The van der Waals surface area contributed by atoms with Gasteiger partial charge in [0, 0.05) is 24.2 Å². The number of benzene rings is 1. The van der Waals surface area contributed by atoms with Crippen molar-refractivity contribution in [3.63, 3.8) is 0 Å². The fraction of sp³-hybridized carbons (Fsp3) is 0.294. The lowest BCUT2D eigenvalue weighted by molar-refractivity contribution is -0.156. The lowest BCUT2D eigenvalue weighted by Crippen LogP contribution is -2.12. The summed E-state index contributed by atoms with van der Waals surface area (Å²) in [6.45, 7) is 0. The molecule has 0 unspecified atom stereocenters. The molecule has 0 amide bonds. The summed E-state index contributed by atoms with van der Waals surface area (Å²) in [6, 6.07) is 10.2. The second-order valence-corrected chi connectivity index (χ2v) is 6.12. The maximum atomic E-state index is 12.5. The summed E-state index contributed by atoms with van der Waals surface area (Å²) < 4.78 is 42.2. The van der Waals surface area contributed by atoms with E-state index in [0.717, 1.165) is 12.8 Å². The van der Waals surface area contributed by atoms with Gasteiger partial charge in [0.05, 0.1) is 5.56 Å². The van der Waals surface area contributed by atoms with E-state index in [1.54, 1.807) is 0 Å². The van der Waals surface area contributed by atoms with Crippen molar-refractivity contribution in [1.82, 2.24) is 20.2 Å². The monoisotopic (exact) mass is 346 g/mol. The van der Waals surface area contributed by atoms with Gasteiger partial charge in [-0.15, -0.1) is 10.2 Å². The molecule has 2 aromatic heterocycles. The molecule has 8 heteroatoms. The van der Waals surface area contributed by atoms with E-state index < -0.39 is 12.1 Å². The van der Waals surface area contributed by atoms with E-state index in [1.807, 2.05) is 18.2 Å². The third-order valence-corrected chi connectivity index (χ3v) is 4.36. The molecule has 5 nitrogen and oxygen atoms in total. The molecule has 1 fully saturated rings. The van der Waals surface area contributed by atoms with Gasteiger partial charge in [-0.1, -0.05) is 30.3 Å². The Morgan fingerprint density at radius 1 is 1.00 bits per heavy atom. The molecule has 0 N–H and O–H groups in total. The summed E-state index contributed by atoms with van der Waals surface area (Å²) in [5.41, 5.74) is 1.59. The second-order valence-electron chi connectivity index (χ2n) is 6.12. The number of hydrogen-bond acceptors (Lipinski definition) is 5. The van der Waals surface area contributed by atoms with Gasteiger partial charge in [0.25, 0.3) is 5.89 Å². The van der Waals surface area contributed by atoms with E-state index in [4.69, 9.17) is 0 Å². The molecule has 0 bridgehead atoms. The minimum absolute atomic E-state index is 0.0662. The first-order valence-electron chi connectivity index (χ1n) is 7.74. The Hall–Kier alpha value is -2.77. The van der Waals surface area contributed by atoms with Gasteiger partial charge in [0.2, 0.25) is 0 Å². The topological polar surface area (TPSA) is 64.7 Å². The minimum atomic E-state index is -4.67. The number of nitrogens with zero attached hydrogens (tertiary/aromatic N) is 4. The van der Waals surface area contributed by atoms with Crippen molar-refractivity contribution in [2.75, 3.05) is 0 Å². The number of aromatic nitrogens is 4. The number of hydrogen-bond donors (Lipinski definition) is 0. The Balaban J connectivity index is 1.52. The predicted molar refractivity (Wildman–Crippen MR) is 81.4 cm³/mol. The largest absolute Gasteiger partial charge is 0.470 e. The zero-order valence-corrected chi connectivity index (χ0v) is 13.0.